The Morgan fingerprint density at radius 2 is 1.96 bits per heavy atom. The van der Waals surface area contributed by atoms with Crippen LogP contribution in [0.3, 0.4) is 0 Å². The van der Waals surface area contributed by atoms with Crippen LogP contribution in [0.25, 0.3) is 0 Å². The van der Waals surface area contributed by atoms with Crippen LogP contribution in [0, 0.1) is 0 Å². The third-order valence-electron chi connectivity index (χ3n) is 3.86. The number of aryl methyl sites for hydroxylation is 1. The lowest BCUT2D eigenvalue weighted by Crippen LogP contribution is -2.36. The second-order valence-corrected chi connectivity index (χ2v) is 5.71. The molecule has 2 heterocycles. The van der Waals surface area contributed by atoms with Crippen LogP contribution in [0.1, 0.15) is 21.9 Å². The van der Waals surface area contributed by atoms with Crippen LogP contribution in [-0.2, 0) is 20.1 Å². The Morgan fingerprint density at radius 3 is 2.59 bits per heavy atom. The fourth-order valence-electron chi connectivity index (χ4n) is 2.36. The number of amides is 1. The molecule has 140 valence electrons. The molecule has 1 amide bonds. The number of carbonyl (C=O) groups excluding carboxylic acids is 1. The largest absolute Gasteiger partial charge is 0.459 e. The standard InChI is InChI=1S/C18H21N7O2/c1-19-18(21-11-16-22-12-23-25(16)2)20-10-13-5-7-14(8-6-13)24-17(26)15-4-3-9-27-15/h3-9,12H,10-11H2,1-2H3,(H,24,26)(H2,19,20,21). The summed E-state index contributed by atoms with van der Waals surface area (Å²) in [7, 11) is 3.55. The molecule has 0 aliphatic heterocycles. The Labute approximate surface area is 156 Å². The van der Waals surface area contributed by atoms with Gasteiger partial charge in [-0.3, -0.25) is 14.5 Å². The van der Waals surface area contributed by atoms with Gasteiger partial charge in [0.05, 0.1) is 12.8 Å². The molecule has 3 rings (SSSR count). The maximum atomic E-state index is 12.0. The van der Waals surface area contributed by atoms with Gasteiger partial charge in [-0.15, -0.1) is 0 Å². The van der Waals surface area contributed by atoms with E-state index < -0.39 is 0 Å². The molecule has 9 heteroatoms. The summed E-state index contributed by atoms with van der Waals surface area (Å²) in [5.41, 5.74) is 1.75. The predicted octanol–water partition coefficient (Wildman–Crippen LogP) is 1.53. The summed E-state index contributed by atoms with van der Waals surface area (Å²) in [6.45, 7) is 1.11. The van der Waals surface area contributed by atoms with Gasteiger partial charge >= 0.3 is 0 Å². The molecule has 0 aliphatic rings. The van der Waals surface area contributed by atoms with E-state index in [0.717, 1.165) is 11.4 Å². The second-order valence-electron chi connectivity index (χ2n) is 5.71. The summed E-state index contributed by atoms with van der Waals surface area (Å²) in [6.07, 6.45) is 2.98. The summed E-state index contributed by atoms with van der Waals surface area (Å²) in [4.78, 5) is 20.3. The molecule has 0 atom stereocenters. The zero-order valence-corrected chi connectivity index (χ0v) is 15.1. The number of hydrogen-bond acceptors (Lipinski definition) is 5. The van der Waals surface area contributed by atoms with Crippen molar-refractivity contribution in [2.45, 2.75) is 13.1 Å². The number of rotatable bonds is 6. The average Bonchev–Trinajstić information content (AvgIpc) is 3.35. The summed E-state index contributed by atoms with van der Waals surface area (Å²) in [6, 6.07) is 10.8. The highest BCUT2D eigenvalue weighted by atomic mass is 16.3. The number of aliphatic imine (C=N–C) groups is 1. The van der Waals surface area contributed by atoms with E-state index in [-0.39, 0.29) is 11.7 Å². The Morgan fingerprint density at radius 1 is 1.19 bits per heavy atom. The van der Waals surface area contributed by atoms with Gasteiger partial charge in [-0.05, 0) is 29.8 Å². The normalized spacial score (nSPS) is 11.3. The Bertz CT molecular complexity index is 898. The fourth-order valence-corrected chi connectivity index (χ4v) is 2.36. The molecule has 0 fully saturated rings. The molecule has 1 aromatic carbocycles. The smallest absolute Gasteiger partial charge is 0.291 e. The number of nitrogens with one attached hydrogen (secondary N) is 3. The number of benzene rings is 1. The van der Waals surface area contributed by atoms with Crippen molar-refractivity contribution in [1.82, 2.24) is 25.4 Å². The number of nitrogens with zero attached hydrogens (tertiary/aromatic N) is 4. The summed E-state index contributed by atoms with van der Waals surface area (Å²) in [5, 5.41) is 13.2. The third kappa shape index (κ3) is 4.94. The minimum atomic E-state index is -0.278. The van der Waals surface area contributed by atoms with E-state index in [1.807, 2.05) is 31.3 Å². The van der Waals surface area contributed by atoms with E-state index in [9.17, 15) is 4.79 Å². The number of furan rings is 1. The van der Waals surface area contributed by atoms with Gasteiger partial charge in [0.1, 0.15) is 12.2 Å². The molecule has 0 bridgehead atoms. The van der Waals surface area contributed by atoms with Crippen LogP contribution >= 0.6 is 0 Å². The first-order chi connectivity index (χ1) is 13.2. The lowest BCUT2D eigenvalue weighted by atomic mass is 10.2. The Balaban J connectivity index is 1.48. The van der Waals surface area contributed by atoms with Crippen molar-refractivity contribution in [2.75, 3.05) is 12.4 Å². The van der Waals surface area contributed by atoms with Crippen LogP contribution in [-0.4, -0.2) is 33.7 Å². The lowest BCUT2D eigenvalue weighted by molar-refractivity contribution is 0.0996. The maximum absolute atomic E-state index is 12.0. The number of anilines is 1. The first-order valence-corrected chi connectivity index (χ1v) is 8.37. The number of guanidine groups is 1. The molecule has 0 saturated carbocycles. The van der Waals surface area contributed by atoms with Crippen molar-refractivity contribution in [2.24, 2.45) is 12.0 Å². The minimum Gasteiger partial charge on any atom is -0.459 e. The molecule has 3 aromatic rings. The maximum Gasteiger partial charge on any atom is 0.291 e. The van der Waals surface area contributed by atoms with Gasteiger partial charge in [0.2, 0.25) is 0 Å². The first kappa shape index (κ1) is 18.2. The minimum absolute atomic E-state index is 0.276. The average molecular weight is 367 g/mol. The van der Waals surface area contributed by atoms with Crippen molar-refractivity contribution >= 4 is 17.6 Å². The van der Waals surface area contributed by atoms with E-state index in [1.54, 1.807) is 23.9 Å². The van der Waals surface area contributed by atoms with Gasteiger partial charge in [-0.1, -0.05) is 12.1 Å². The molecule has 0 saturated heterocycles. The highest BCUT2D eigenvalue weighted by Crippen LogP contribution is 2.11. The van der Waals surface area contributed by atoms with Gasteiger partial charge in [-0.25, -0.2) is 4.98 Å². The second kappa shape index (κ2) is 8.65. The zero-order valence-electron chi connectivity index (χ0n) is 15.1. The Kier molecular flexibility index (Phi) is 5.83. The van der Waals surface area contributed by atoms with Gasteiger partial charge in [0.25, 0.3) is 5.91 Å². The molecular weight excluding hydrogens is 346 g/mol. The number of carbonyl (C=O) groups is 1. The monoisotopic (exact) mass is 367 g/mol. The van der Waals surface area contributed by atoms with E-state index in [4.69, 9.17) is 4.42 Å². The topological polar surface area (TPSA) is 109 Å². The van der Waals surface area contributed by atoms with Crippen molar-refractivity contribution < 1.29 is 9.21 Å². The fraction of sp³-hybridized carbons (Fsp3) is 0.222. The summed E-state index contributed by atoms with van der Waals surface area (Å²) < 4.78 is 6.78. The van der Waals surface area contributed by atoms with Gasteiger partial charge in [0, 0.05) is 26.3 Å². The highest BCUT2D eigenvalue weighted by Gasteiger charge is 2.08. The van der Waals surface area contributed by atoms with E-state index in [2.05, 4.69) is 31.0 Å². The van der Waals surface area contributed by atoms with Crippen molar-refractivity contribution in [3.05, 3.63) is 66.1 Å². The highest BCUT2D eigenvalue weighted by molar-refractivity contribution is 6.02. The van der Waals surface area contributed by atoms with Crippen LogP contribution in [0.5, 0.6) is 0 Å². The van der Waals surface area contributed by atoms with Crippen molar-refractivity contribution in [3.63, 3.8) is 0 Å². The molecule has 0 radical (unpaired) electrons. The Hall–Kier alpha value is -3.62. The van der Waals surface area contributed by atoms with E-state index in [0.29, 0.717) is 24.7 Å². The van der Waals surface area contributed by atoms with Crippen molar-refractivity contribution in [3.8, 4) is 0 Å². The van der Waals surface area contributed by atoms with Crippen LogP contribution in [0.4, 0.5) is 5.69 Å². The SMILES string of the molecule is CN=C(NCc1ccc(NC(=O)c2ccco2)cc1)NCc1ncnn1C. The molecule has 0 aliphatic carbocycles. The van der Waals surface area contributed by atoms with Crippen LogP contribution in [0.2, 0.25) is 0 Å². The quantitative estimate of drug-likeness (QED) is 0.450. The number of aromatic nitrogens is 3. The van der Waals surface area contributed by atoms with Gasteiger partial charge in [-0.2, -0.15) is 5.10 Å². The first-order valence-electron chi connectivity index (χ1n) is 8.37. The van der Waals surface area contributed by atoms with Gasteiger partial charge < -0.3 is 20.4 Å². The molecule has 0 spiro atoms. The molecule has 27 heavy (non-hydrogen) atoms. The predicted molar refractivity (Wildman–Crippen MR) is 101 cm³/mol. The molecular formula is C18H21N7O2. The molecule has 2 aromatic heterocycles. The molecule has 3 N–H and O–H groups in total. The summed E-state index contributed by atoms with van der Waals surface area (Å²) >= 11 is 0. The molecule has 0 unspecified atom stereocenters. The zero-order chi connectivity index (χ0) is 19.1. The van der Waals surface area contributed by atoms with Gasteiger partial charge in [0.15, 0.2) is 11.7 Å². The van der Waals surface area contributed by atoms with Crippen LogP contribution in [0.15, 0.2) is 58.4 Å². The summed E-state index contributed by atoms with van der Waals surface area (Å²) in [5.74, 6) is 1.47. The number of hydrogen-bond donors (Lipinski definition) is 3. The lowest BCUT2D eigenvalue weighted by Gasteiger charge is -2.12. The van der Waals surface area contributed by atoms with E-state index in [1.165, 1.54) is 12.6 Å². The van der Waals surface area contributed by atoms with E-state index >= 15 is 0 Å². The molecule has 9 nitrogen and oxygen atoms in total. The van der Waals surface area contributed by atoms with Crippen LogP contribution < -0.4 is 16.0 Å². The van der Waals surface area contributed by atoms with Crippen molar-refractivity contribution in [1.29, 1.82) is 0 Å². The third-order valence-corrected chi connectivity index (χ3v) is 3.86.